The smallest absolute Gasteiger partial charge is 0.275 e. The molecule has 0 amide bonds. The van der Waals surface area contributed by atoms with Gasteiger partial charge in [-0.3, -0.25) is 10.1 Å². The summed E-state index contributed by atoms with van der Waals surface area (Å²) in [6.07, 6.45) is 0. The largest absolute Gasteiger partial charge is 0.370 e. The van der Waals surface area contributed by atoms with Crippen LogP contribution < -0.4 is 5.32 Å². The molecule has 0 aliphatic carbocycles. The highest BCUT2D eigenvalue weighted by atomic mass is 32.2. The van der Waals surface area contributed by atoms with Gasteiger partial charge in [0.05, 0.1) is 11.0 Å². The number of nitro groups is 1. The maximum atomic E-state index is 10.7. The highest BCUT2D eigenvalue weighted by Gasteiger charge is 2.10. The van der Waals surface area contributed by atoms with Gasteiger partial charge in [-0.1, -0.05) is 6.92 Å². The lowest BCUT2D eigenvalue weighted by atomic mass is 10.4. The van der Waals surface area contributed by atoms with Crippen LogP contribution in [0.4, 0.5) is 11.5 Å². The molecule has 0 aromatic carbocycles. The second-order valence-corrected chi connectivity index (χ2v) is 4.05. The van der Waals surface area contributed by atoms with Crippen LogP contribution in [-0.4, -0.2) is 22.2 Å². The average Bonchev–Trinajstić information content (AvgIpc) is 2.18. The van der Waals surface area contributed by atoms with Crippen LogP contribution in [0.2, 0.25) is 0 Å². The van der Waals surface area contributed by atoms with Crippen molar-refractivity contribution in [2.45, 2.75) is 18.9 Å². The number of nitrogens with zero attached hydrogens (tertiary/aromatic N) is 2. The van der Waals surface area contributed by atoms with Gasteiger partial charge < -0.3 is 5.32 Å². The van der Waals surface area contributed by atoms with Gasteiger partial charge in [0.2, 0.25) is 0 Å². The van der Waals surface area contributed by atoms with E-state index in [-0.39, 0.29) is 5.69 Å². The van der Waals surface area contributed by atoms with Gasteiger partial charge in [-0.05, 0) is 12.7 Å². The summed E-state index contributed by atoms with van der Waals surface area (Å²) in [6.45, 7) is 4.61. The predicted octanol–water partition coefficient (Wildman–Crippen LogP) is 2.53. The molecule has 0 atom stereocenters. The van der Waals surface area contributed by atoms with Crippen LogP contribution in [0.15, 0.2) is 17.2 Å². The number of nitrogens with one attached hydrogen (secondary N) is 1. The van der Waals surface area contributed by atoms with Crippen LogP contribution in [0.25, 0.3) is 0 Å². The van der Waals surface area contributed by atoms with Crippen LogP contribution in [0.3, 0.4) is 0 Å². The molecular formula is C9H13N3O2S. The Hall–Kier alpha value is -1.30. The van der Waals surface area contributed by atoms with Crippen molar-refractivity contribution in [3.8, 4) is 0 Å². The SMILES string of the molecule is CCNc1cc([N+](=O)[O-])cc(SCC)n1. The summed E-state index contributed by atoms with van der Waals surface area (Å²) in [5.41, 5.74) is 0.0805. The fourth-order valence-corrected chi connectivity index (χ4v) is 1.75. The summed E-state index contributed by atoms with van der Waals surface area (Å²) in [4.78, 5) is 14.5. The van der Waals surface area contributed by atoms with Gasteiger partial charge in [-0.2, -0.15) is 0 Å². The third-order valence-corrected chi connectivity index (χ3v) is 2.44. The van der Waals surface area contributed by atoms with Crippen molar-refractivity contribution in [3.63, 3.8) is 0 Å². The van der Waals surface area contributed by atoms with Crippen LogP contribution >= 0.6 is 11.8 Å². The predicted molar refractivity (Wildman–Crippen MR) is 61.5 cm³/mol. The number of aromatic nitrogens is 1. The molecular weight excluding hydrogens is 214 g/mol. The van der Waals surface area contributed by atoms with Crippen molar-refractivity contribution >= 4 is 23.3 Å². The Balaban J connectivity index is 3.02. The quantitative estimate of drug-likeness (QED) is 0.475. The molecule has 0 aliphatic rings. The van der Waals surface area contributed by atoms with Crippen molar-refractivity contribution in [1.29, 1.82) is 0 Å². The van der Waals surface area contributed by atoms with Crippen LogP contribution in [0, 0.1) is 10.1 Å². The summed E-state index contributed by atoms with van der Waals surface area (Å²) >= 11 is 1.49. The Labute approximate surface area is 92.4 Å². The molecule has 0 unspecified atom stereocenters. The van der Waals surface area contributed by atoms with Crippen LogP contribution in [0.5, 0.6) is 0 Å². The Kier molecular flexibility index (Phi) is 4.36. The molecule has 1 rings (SSSR count). The first kappa shape index (κ1) is 11.8. The highest BCUT2D eigenvalue weighted by Crippen LogP contribution is 2.24. The molecule has 6 heteroatoms. The first-order valence-electron chi connectivity index (χ1n) is 4.70. The number of anilines is 1. The van der Waals surface area contributed by atoms with Gasteiger partial charge in [-0.15, -0.1) is 11.8 Å². The molecule has 0 bridgehead atoms. The van der Waals surface area contributed by atoms with Gasteiger partial charge in [-0.25, -0.2) is 4.98 Å². The molecule has 5 nitrogen and oxygen atoms in total. The van der Waals surface area contributed by atoms with E-state index in [2.05, 4.69) is 10.3 Å². The van der Waals surface area contributed by atoms with E-state index in [1.807, 2.05) is 13.8 Å². The number of rotatable bonds is 5. The fourth-order valence-electron chi connectivity index (χ4n) is 1.09. The minimum absolute atomic E-state index is 0.0805. The van der Waals surface area contributed by atoms with Crippen molar-refractivity contribution in [3.05, 3.63) is 22.2 Å². The maximum absolute atomic E-state index is 10.7. The molecule has 0 aliphatic heterocycles. The third kappa shape index (κ3) is 3.39. The molecule has 0 fully saturated rings. The zero-order chi connectivity index (χ0) is 11.3. The molecule has 82 valence electrons. The first-order chi connectivity index (χ1) is 7.17. The van der Waals surface area contributed by atoms with Crippen LogP contribution in [0.1, 0.15) is 13.8 Å². The van der Waals surface area contributed by atoms with E-state index < -0.39 is 4.92 Å². The van der Waals surface area contributed by atoms with E-state index in [1.165, 1.54) is 23.9 Å². The van der Waals surface area contributed by atoms with Crippen molar-refractivity contribution in [2.75, 3.05) is 17.6 Å². The van der Waals surface area contributed by atoms with E-state index in [4.69, 9.17) is 0 Å². The van der Waals surface area contributed by atoms with Crippen molar-refractivity contribution < 1.29 is 4.92 Å². The zero-order valence-corrected chi connectivity index (χ0v) is 9.50. The van der Waals surface area contributed by atoms with E-state index in [9.17, 15) is 10.1 Å². The topological polar surface area (TPSA) is 68.1 Å². The second-order valence-electron chi connectivity index (χ2n) is 2.77. The molecule has 15 heavy (non-hydrogen) atoms. The zero-order valence-electron chi connectivity index (χ0n) is 8.69. The Morgan fingerprint density at radius 1 is 1.53 bits per heavy atom. The summed E-state index contributed by atoms with van der Waals surface area (Å²) in [7, 11) is 0. The van der Waals surface area contributed by atoms with E-state index in [0.29, 0.717) is 17.4 Å². The number of hydrogen-bond donors (Lipinski definition) is 1. The molecule has 0 radical (unpaired) electrons. The summed E-state index contributed by atoms with van der Waals surface area (Å²) < 4.78 is 0. The van der Waals surface area contributed by atoms with Crippen molar-refractivity contribution in [1.82, 2.24) is 4.98 Å². The third-order valence-electron chi connectivity index (χ3n) is 1.65. The van der Waals surface area contributed by atoms with Gasteiger partial charge in [0.25, 0.3) is 5.69 Å². The summed E-state index contributed by atoms with van der Waals surface area (Å²) in [6, 6.07) is 2.94. The lowest BCUT2D eigenvalue weighted by molar-refractivity contribution is -0.385. The monoisotopic (exact) mass is 227 g/mol. The first-order valence-corrected chi connectivity index (χ1v) is 5.69. The number of pyridine rings is 1. The fraction of sp³-hybridized carbons (Fsp3) is 0.444. The minimum Gasteiger partial charge on any atom is -0.370 e. The lowest BCUT2D eigenvalue weighted by Crippen LogP contribution is -2.01. The normalized spacial score (nSPS) is 10.0. The van der Waals surface area contributed by atoms with E-state index in [0.717, 1.165) is 5.75 Å². The highest BCUT2D eigenvalue weighted by molar-refractivity contribution is 7.99. The standard InChI is InChI=1S/C9H13N3O2S/c1-3-10-8-5-7(12(13)14)6-9(11-8)15-4-2/h5-6H,3-4H2,1-2H3,(H,10,11). The van der Waals surface area contributed by atoms with Gasteiger partial charge in [0, 0.05) is 12.6 Å². The Morgan fingerprint density at radius 3 is 2.80 bits per heavy atom. The Bertz CT molecular complexity index is 333. The molecule has 0 saturated carbocycles. The summed E-state index contributed by atoms with van der Waals surface area (Å²) in [5.74, 6) is 1.40. The molecule has 0 saturated heterocycles. The maximum Gasteiger partial charge on any atom is 0.275 e. The van der Waals surface area contributed by atoms with E-state index >= 15 is 0 Å². The minimum atomic E-state index is -0.401. The van der Waals surface area contributed by atoms with Crippen molar-refractivity contribution in [2.24, 2.45) is 0 Å². The van der Waals surface area contributed by atoms with Gasteiger partial charge >= 0.3 is 0 Å². The Morgan fingerprint density at radius 2 is 2.27 bits per heavy atom. The summed E-state index contributed by atoms with van der Waals surface area (Å²) in [5, 5.41) is 14.3. The number of hydrogen-bond acceptors (Lipinski definition) is 5. The molecule has 1 aromatic rings. The average molecular weight is 227 g/mol. The number of thioether (sulfide) groups is 1. The molecule has 1 N–H and O–H groups in total. The van der Waals surface area contributed by atoms with E-state index in [1.54, 1.807) is 0 Å². The van der Waals surface area contributed by atoms with Crippen LogP contribution in [-0.2, 0) is 0 Å². The molecule has 1 heterocycles. The molecule has 1 aromatic heterocycles. The van der Waals surface area contributed by atoms with Gasteiger partial charge in [0.15, 0.2) is 0 Å². The second kappa shape index (κ2) is 5.55. The molecule has 0 spiro atoms. The van der Waals surface area contributed by atoms with Gasteiger partial charge in [0.1, 0.15) is 10.8 Å². The lowest BCUT2D eigenvalue weighted by Gasteiger charge is -2.04.